The van der Waals surface area contributed by atoms with Crippen molar-refractivity contribution in [2.24, 2.45) is 0 Å². The molecule has 0 bridgehead atoms. The van der Waals surface area contributed by atoms with E-state index in [4.69, 9.17) is 4.74 Å². The highest BCUT2D eigenvalue weighted by Gasteiger charge is 2.43. The highest BCUT2D eigenvalue weighted by Crippen LogP contribution is 2.39. The molecule has 0 amide bonds. The maximum absolute atomic E-state index is 11.5. The van der Waals surface area contributed by atoms with Crippen molar-refractivity contribution in [1.29, 1.82) is 0 Å². The van der Waals surface area contributed by atoms with Gasteiger partial charge in [-0.1, -0.05) is 13.3 Å². The first-order valence-corrected chi connectivity index (χ1v) is 5.36. The molecule has 1 aliphatic heterocycles. The van der Waals surface area contributed by atoms with Crippen LogP contribution in [0.4, 0.5) is 0 Å². The van der Waals surface area contributed by atoms with Crippen LogP contribution in [0.15, 0.2) is 18.2 Å². The maximum Gasteiger partial charge on any atom is 0.341 e. The smallest absolute Gasteiger partial charge is 0.341 e. The van der Waals surface area contributed by atoms with Gasteiger partial charge in [-0.15, -0.1) is 0 Å². The van der Waals surface area contributed by atoms with Crippen molar-refractivity contribution in [2.45, 2.75) is 32.0 Å². The Morgan fingerprint density at radius 1 is 1.44 bits per heavy atom. The third kappa shape index (κ3) is 1.65. The molecule has 86 valence electrons. The third-order valence-corrected chi connectivity index (χ3v) is 2.77. The van der Waals surface area contributed by atoms with Crippen LogP contribution in [-0.4, -0.2) is 16.2 Å². The van der Waals surface area contributed by atoms with E-state index >= 15 is 0 Å². The Balaban J connectivity index is 2.40. The Bertz CT molecular complexity index is 427. The number of phenols is 1. The zero-order valence-corrected chi connectivity index (χ0v) is 9.06. The van der Waals surface area contributed by atoms with E-state index < -0.39 is 11.8 Å². The minimum Gasteiger partial charge on any atom is -0.508 e. The number of esters is 1. The van der Waals surface area contributed by atoms with Gasteiger partial charge in [0.05, 0.1) is 5.56 Å². The summed E-state index contributed by atoms with van der Waals surface area (Å²) in [5.74, 6) is -2.08. The second-order valence-electron chi connectivity index (χ2n) is 4.01. The SMILES string of the molecule is CCCCC1(O)OC(=O)c2ccc(O)cc21. The fraction of sp³-hybridized carbons (Fsp3) is 0.417. The van der Waals surface area contributed by atoms with Crippen LogP contribution in [0.25, 0.3) is 0 Å². The summed E-state index contributed by atoms with van der Waals surface area (Å²) in [6, 6.07) is 4.26. The van der Waals surface area contributed by atoms with Gasteiger partial charge in [0.1, 0.15) is 5.75 Å². The summed E-state index contributed by atoms with van der Waals surface area (Å²) in [5.41, 5.74) is 0.697. The van der Waals surface area contributed by atoms with Crippen molar-refractivity contribution in [3.63, 3.8) is 0 Å². The van der Waals surface area contributed by atoms with E-state index in [0.717, 1.165) is 12.8 Å². The molecule has 2 rings (SSSR count). The Labute approximate surface area is 93.5 Å². The van der Waals surface area contributed by atoms with Crippen molar-refractivity contribution >= 4 is 5.97 Å². The molecule has 1 aromatic carbocycles. The van der Waals surface area contributed by atoms with Crippen LogP contribution >= 0.6 is 0 Å². The van der Waals surface area contributed by atoms with E-state index in [9.17, 15) is 15.0 Å². The van der Waals surface area contributed by atoms with Gasteiger partial charge in [-0.2, -0.15) is 0 Å². The molecule has 1 heterocycles. The minimum atomic E-state index is -1.57. The molecule has 0 spiro atoms. The van der Waals surface area contributed by atoms with Crippen molar-refractivity contribution in [3.05, 3.63) is 29.3 Å². The molecule has 16 heavy (non-hydrogen) atoms. The Hall–Kier alpha value is -1.55. The van der Waals surface area contributed by atoms with E-state index in [1.165, 1.54) is 18.2 Å². The van der Waals surface area contributed by atoms with E-state index in [0.29, 0.717) is 17.5 Å². The molecule has 0 saturated heterocycles. The van der Waals surface area contributed by atoms with Gasteiger partial charge in [0.2, 0.25) is 5.79 Å². The summed E-state index contributed by atoms with van der Waals surface area (Å²) in [7, 11) is 0. The molecule has 1 aliphatic rings. The standard InChI is InChI=1S/C12H14O4/c1-2-3-6-12(15)10-7-8(13)4-5-9(10)11(14)16-12/h4-5,7,13,15H,2-3,6H2,1H3. The first kappa shape index (κ1) is 11.0. The molecular formula is C12H14O4. The first-order chi connectivity index (χ1) is 7.57. The van der Waals surface area contributed by atoms with E-state index in [1.54, 1.807) is 0 Å². The maximum atomic E-state index is 11.5. The number of rotatable bonds is 3. The summed E-state index contributed by atoms with van der Waals surface area (Å²) in [6.07, 6.45) is 2.00. The van der Waals surface area contributed by atoms with E-state index in [1.807, 2.05) is 6.92 Å². The van der Waals surface area contributed by atoms with Crippen molar-refractivity contribution < 1.29 is 19.7 Å². The number of hydrogen-bond acceptors (Lipinski definition) is 4. The number of carbonyl (C=O) groups excluding carboxylic acids is 1. The minimum absolute atomic E-state index is 0.0203. The number of fused-ring (bicyclic) bond motifs is 1. The molecule has 4 nitrogen and oxygen atoms in total. The monoisotopic (exact) mass is 222 g/mol. The van der Waals surface area contributed by atoms with E-state index in [2.05, 4.69) is 0 Å². The van der Waals surface area contributed by atoms with E-state index in [-0.39, 0.29) is 5.75 Å². The molecular weight excluding hydrogens is 208 g/mol. The largest absolute Gasteiger partial charge is 0.508 e. The summed E-state index contributed by atoms with van der Waals surface area (Å²) in [6.45, 7) is 1.99. The molecule has 0 radical (unpaired) electrons. The lowest BCUT2D eigenvalue weighted by Crippen LogP contribution is -2.25. The molecule has 0 aliphatic carbocycles. The van der Waals surface area contributed by atoms with Gasteiger partial charge < -0.3 is 14.9 Å². The average Bonchev–Trinajstić information content (AvgIpc) is 2.49. The number of hydrogen-bond donors (Lipinski definition) is 2. The quantitative estimate of drug-likeness (QED) is 0.766. The van der Waals surface area contributed by atoms with Gasteiger partial charge in [-0.3, -0.25) is 0 Å². The number of phenolic OH excluding ortho intramolecular Hbond substituents is 1. The Morgan fingerprint density at radius 3 is 2.88 bits per heavy atom. The van der Waals surface area contributed by atoms with Crippen LogP contribution in [-0.2, 0) is 10.5 Å². The number of benzene rings is 1. The first-order valence-electron chi connectivity index (χ1n) is 5.36. The zero-order chi connectivity index (χ0) is 11.8. The third-order valence-electron chi connectivity index (χ3n) is 2.77. The number of ether oxygens (including phenoxy) is 1. The Kier molecular flexibility index (Phi) is 2.59. The van der Waals surface area contributed by atoms with Gasteiger partial charge in [0.15, 0.2) is 0 Å². The summed E-state index contributed by atoms with van der Waals surface area (Å²) in [5, 5.41) is 19.6. The number of cyclic esters (lactones) is 1. The van der Waals surface area contributed by atoms with Gasteiger partial charge in [-0.25, -0.2) is 4.79 Å². The fourth-order valence-corrected chi connectivity index (χ4v) is 1.90. The lowest BCUT2D eigenvalue weighted by atomic mass is 9.97. The lowest BCUT2D eigenvalue weighted by Gasteiger charge is -2.21. The van der Waals surface area contributed by atoms with Crippen LogP contribution in [0.1, 0.15) is 42.1 Å². The normalized spacial score (nSPS) is 23.0. The lowest BCUT2D eigenvalue weighted by molar-refractivity contribution is -0.168. The average molecular weight is 222 g/mol. The second kappa shape index (κ2) is 3.79. The predicted octanol–water partition coefficient (Wildman–Crippen LogP) is 1.90. The van der Waals surface area contributed by atoms with Crippen LogP contribution in [0.2, 0.25) is 0 Å². The van der Waals surface area contributed by atoms with Gasteiger partial charge in [0.25, 0.3) is 0 Å². The van der Waals surface area contributed by atoms with Gasteiger partial charge in [-0.05, 0) is 24.6 Å². The summed E-state index contributed by atoms with van der Waals surface area (Å²) in [4.78, 5) is 11.5. The van der Waals surface area contributed by atoms with Gasteiger partial charge in [0, 0.05) is 12.0 Å². The number of aliphatic hydroxyl groups is 1. The number of aromatic hydroxyl groups is 1. The molecule has 1 unspecified atom stereocenters. The zero-order valence-electron chi connectivity index (χ0n) is 9.06. The highest BCUT2D eigenvalue weighted by atomic mass is 16.7. The number of unbranched alkanes of at least 4 members (excludes halogenated alkanes) is 1. The van der Waals surface area contributed by atoms with Crippen LogP contribution < -0.4 is 0 Å². The molecule has 1 atom stereocenters. The fourth-order valence-electron chi connectivity index (χ4n) is 1.90. The van der Waals surface area contributed by atoms with Crippen LogP contribution in [0.5, 0.6) is 5.75 Å². The predicted molar refractivity (Wildman–Crippen MR) is 56.9 cm³/mol. The Morgan fingerprint density at radius 2 is 2.19 bits per heavy atom. The topological polar surface area (TPSA) is 66.8 Å². The molecule has 0 fully saturated rings. The van der Waals surface area contributed by atoms with Crippen LogP contribution in [0, 0.1) is 0 Å². The van der Waals surface area contributed by atoms with Crippen molar-refractivity contribution in [2.75, 3.05) is 0 Å². The van der Waals surface area contributed by atoms with Crippen molar-refractivity contribution in [1.82, 2.24) is 0 Å². The molecule has 0 aromatic heterocycles. The van der Waals surface area contributed by atoms with Gasteiger partial charge >= 0.3 is 5.97 Å². The molecule has 0 saturated carbocycles. The molecule has 2 N–H and O–H groups in total. The summed E-state index contributed by atoms with van der Waals surface area (Å²) >= 11 is 0. The van der Waals surface area contributed by atoms with Crippen molar-refractivity contribution in [3.8, 4) is 5.75 Å². The number of carbonyl (C=O) groups is 1. The van der Waals surface area contributed by atoms with Crippen LogP contribution in [0.3, 0.4) is 0 Å². The molecule has 1 aromatic rings. The molecule has 4 heteroatoms. The second-order valence-corrected chi connectivity index (χ2v) is 4.01. The summed E-state index contributed by atoms with van der Waals surface area (Å²) < 4.78 is 4.98. The highest BCUT2D eigenvalue weighted by molar-refractivity contribution is 5.94.